The van der Waals surface area contributed by atoms with Gasteiger partial charge in [-0.1, -0.05) is 18.2 Å². The Balaban J connectivity index is 2.62. The minimum absolute atomic E-state index is 0.325. The topological polar surface area (TPSA) is 12.0 Å². The Kier molecular flexibility index (Phi) is 2.90. The SMILES string of the molecule is Cc1ccccc1NCCF. The number of halogens is 1. The van der Waals surface area contributed by atoms with Gasteiger partial charge in [0.25, 0.3) is 0 Å². The molecule has 1 aromatic rings. The molecule has 0 aliphatic carbocycles. The van der Waals surface area contributed by atoms with Gasteiger partial charge >= 0.3 is 0 Å². The Hall–Kier alpha value is -1.05. The lowest BCUT2D eigenvalue weighted by molar-refractivity contribution is 0.512. The Labute approximate surface area is 66.2 Å². The Morgan fingerprint density at radius 2 is 2.09 bits per heavy atom. The highest BCUT2D eigenvalue weighted by molar-refractivity contribution is 5.49. The fourth-order valence-electron chi connectivity index (χ4n) is 0.953. The van der Waals surface area contributed by atoms with E-state index >= 15 is 0 Å². The van der Waals surface area contributed by atoms with Crippen LogP contribution in [-0.4, -0.2) is 13.2 Å². The number of nitrogens with one attached hydrogen (secondary N) is 1. The lowest BCUT2D eigenvalue weighted by Gasteiger charge is -2.05. The van der Waals surface area contributed by atoms with Crippen molar-refractivity contribution < 1.29 is 4.39 Å². The number of rotatable bonds is 3. The highest BCUT2D eigenvalue weighted by Crippen LogP contribution is 2.11. The van der Waals surface area contributed by atoms with Crippen LogP contribution in [0.1, 0.15) is 5.56 Å². The van der Waals surface area contributed by atoms with E-state index in [0.29, 0.717) is 6.54 Å². The highest BCUT2D eigenvalue weighted by atomic mass is 19.1. The van der Waals surface area contributed by atoms with Gasteiger partial charge in [-0.3, -0.25) is 0 Å². The minimum atomic E-state index is -0.325. The molecule has 1 rings (SSSR count). The molecule has 0 unspecified atom stereocenters. The fraction of sp³-hybridized carbons (Fsp3) is 0.333. The molecule has 0 amide bonds. The molecule has 0 saturated carbocycles. The summed E-state index contributed by atoms with van der Waals surface area (Å²) in [5.41, 5.74) is 2.17. The molecule has 60 valence electrons. The average Bonchev–Trinajstić information content (AvgIpc) is 2.03. The third-order valence-electron chi connectivity index (χ3n) is 1.56. The second kappa shape index (κ2) is 3.96. The van der Waals surface area contributed by atoms with E-state index < -0.39 is 0 Å². The van der Waals surface area contributed by atoms with Crippen LogP contribution in [0.15, 0.2) is 24.3 Å². The minimum Gasteiger partial charge on any atom is -0.382 e. The monoisotopic (exact) mass is 153 g/mol. The van der Waals surface area contributed by atoms with Crippen molar-refractivity contribution in [3.63, 3.8) is 0 Å². The van der Waals surface area contributed by atoms with Gasteiger partial charge < -0.3 is 5.32 Å². The molecular formula is C9H12FN. The van der Waals surface area contributed by atoms with Crippen LogP contribution in [-0.2, 0) is 0 Å². The summed E-state index contributed by atoms with van der Waals surface area (Å²) in [5, 5.41) is 2.99. The van der Waals surface area contributed by atoms with E-state index in [9.17, 15) is 4.39 Å². The van der Waals surface area contributed by atoms with Gasteiger partial charge in [0.2, 0.25) is 0 Å². The number of benzene rings is 1. The number of anilines is 1. The van der Waals surface area contributed by atoms with Crippen LogP contribution >= 0.6 is 0 Å². The van der Waals surface area contributed by atoms with Crippen molar-refractivity contribution in [2.45, 2.75) is 6.92 Å². The molecule has 1 nitrogen and oxygen atoms in total. The van der Waals surface area contributed by atoms with Crippen molar-refractivity contribution in [2.24, 2.45) is 0 Å². The van der Waals surface area contributed by atoms with Gasteiger partial charge in [0.05, 0.1) is 0 Å². The number of para-hydroxylation sites is 1. The van der Waals surface area contributed by atoms with Gasteiger partial charge in [0.15, 0.2) is 0 Å². The first kappa shape index (κ1) is 8.05. The maximum Gasteiger partial charge on any atom is 0.107 e. The molecule has 1 aromatic carbocycles. The predicted molar refractivity (Wildman–Crippen MR) is 45.6 cm³/mol. The number of hydrogen-bond acceptors (Lipinski definition) is 1. The van der Waals surface area contributed by atoms with Crippen molar-refractivity contribution >= 4 is 5.69 Å². The smallest absolute Gasteiger partial charge is 0.107 e. The first-order chi connectivity index (χ1) is 5.34. The highest BCUT2D eigenvalue weighted by Gasteiger charge is 1.92. The summed E-state index contributed by atoms with van der Waals surface area (Å²) in [7, 11) is 0. The number of aryl methyl sites for hydroxylation is 1. The van der Waals surface area contributed by atoms with Crippen molar-refractivity contribution in [1.29, 1.82) is 0 Å². The van der Waals surface area contributed by atoms with Crippen LogP contribution in [0.25, 0.3) is 0 Å². The molecular weight excluding hydrogens is 141 g/mol. The first-order valence-electron chi connectivity index (χ1n) is 3.70. The second-order valence-corrected chi connectivity index (χ2v) is 2.43. The number of alkyl halides is 1. The molecule has 0 spiro atoms. The number of hydrogen-bond donors (Lipinski definition) is 1. The molecule has 0 bridgehead atoms. The normalized spacial score (nSPS) is 9.64. The maximum absolute atomic E-state index is 11.7. The Morgan fingerprint density at radius 3 is 2.73 bits per heavy atom. The summed E-state index contributed by atoms with van der Waals surface area (Å²) in [6.45, 7) is 2.07. The van der Waals surface area contributed by atoms with Crippen LogP contribution in [0.2, 0.25) is 0 Å². The summed E-state index contributed by atoms with van der Waals surface area (Å²) in [6.07, 6.45) is 0. The van der Waals surface area contributed by atoms with Gasteiger partial charge in [-0.25, -0.2) is 4.39 Å². The second-order valence-electron chi connectivity index (χ2n) is 2.43. The molecule has 0 radical (unpaired) electrons. The summed E-state index contributed by atoms with van der Waals surface area (Å²) in [6, 6.07) is 7.86. The molecule has 0 heterocycles. The first-order valence-corrected chi connectivity index (χ1v) is 3.70. The van der Waals surface area contributed by atoms with Crippen LogP contribution < -0.4 is 5.32 Å². The van der Waals surface area contributed by atoms with Crippen molar-refractivity contribution in [3.05, 3.63) is 29.8 Å². The quantitative estimate of drug-likeness (QED) is 0.703. The maximum atomic E-state index is 11.7. The predicted octanol–water partition coefficient (Wildman–Crippen LogP) is 2.38. The molecule has 0 aliphatic rings. The van der Waals surface area contributed by atoms with Crippen molar-refractivity contribution in [3.8, 4) is 0 Å². The van der Waals surface area contributed by atoms with Crippen LogP contribution in [0.4, 0.5) is 10.1 Å². The fourth-order valence-corrected chi connectivity index (χ4v) is 0.953. The van der Waals surface area contributed by atoms with Gasteiger partial charge in [-0.15, -0.1) is 0 Å². The van der Waals surface area contributed by atoms with E-state index in [1.54, 1.807) is 0 Å². The molecule has 2 heteroatoms. The van der Waals surface area contributed by atoms with Crippen molar-refractivity contribution in [1.82, 2.24) is 0 Å². The van der Waals surface area contributed by atoms with E-state index in [0.717, 1.165) is 11.3 Å². The Bertz CT molecular complexity index is 223. The molecule has 0 fully saturated rings. The molecule has 0 aliphatic heterocycles. The summed E-state index contributed by atoms with van der Waals surface area (Å²) < 4.78 is 11.7. The molecule has 11 heavy (non-hydrogen) atoms. The average molecular weight is 153 g/mol. The third kappa shape index (κ3) is 2.22. The standard InChI is InChI=1S/C9H12FN/c1-8-4-2-3-5-9(8)11-7-6-10/h2-5,11H,6-7H2,1H3. The van der Waals surface area contributed by atoms with Crippen LogP contribution in [0.5, 0.6) is 0 Å². The van der Waals surface area contributed by atoms with E-state index in [4.69, 9.17) is 0 Å². The van der Waals surface area contributed by atoms with Gasteiger partial charge in [-0.2, -0.15) is 0 Å². The lowest BCUT2D eigenvalue weighted by atomic mass is 10.2. The molecule has 0 atom stereocenters. The van der Waals surface area contributed by atoms with Gasteiger partial charge in [0.1, 0.15) is 6.67 Å². The van der Waals surface area contributed by atoms with E-state index in [1.807, 2.05) is 31.2 Å². The van der Waals surface area contributed by atoms with Gasteiger partial charge in [-0.05, 0) is 18.6 Å². The van der Waals surface area contributed by atoms with E-state index in [2.05, 4.69) is 5.32 Å². The zero-order valence-corrected chi connectivity index (χ0v) is 6.60. The summed E-state index contributed by atoms with van der Waals surface area (Å²) in [5.74, 6) is 0. The molecule has 0 saturated heterocycles. The van der Waals surface area contributed by atoms with Gasteiger partial charge in [0, 0.05) is 12.2 Å². The van der Waals surface area contributed by atoms with Crippen molar-refractivity contribution in [2.75, 3.05) is 18.5 Å². The Morgan fingerprint density at radius 1 is 1.36 bits per heavy atom. The third-order valence-corrected chi connectivity index (χ3v) is 1.56. The van der Waals surface area contributed by atoms with E-state index in [-0.39, 0.29) is 6.67 Å². The largest absolute Gasteiger partial charge is 0.382 e. The van der Waals surface area contributed by atoms with E-state index in [1.165, 1.54) is 0 Å². The van der Waals surface area contributed by atoms with Crippen LogP contribution in [0.3, 0.4) is 0 Å². The van der Waals surface area contributed by atoms with Crippen LogP contribution in [0, 0.1) is 6.92 Å². The molecule has 1 N–H and O–H groups in total. The zero-order valence-electron chi connectivity index (χ0n) is 6.60. The summed E-state index contributed by atoms with van der Waals surface area (Å²) in [4.78, 5) is 0. The zero-order chi connectivity index (χ0) is 8.10. The lowest BCUT2D eigenvalue weighted by Crippen LogP contribution is -2.03. The molecule has 0 aromatic heterocycles. The summed E-state index contributed by atoms with van der Waals surface area (Å²) >= 11 is 0.